The van der Waals surface area contributed by atoms with Crippen LogP contribution in [0.15, 0.2) is 12.2 Å². The van der Waals surface area contributed by atoms with Crippen LogP contribution in [0.2, 0.25) is 0 Å². The Morgan fingerprint density at radius 3 is 2.71 bits per heavy atom. The molecule has 1 saturated heterocycles. The first-order valence-corrected chi connectivity index (χ1v) is 8.11. The van der Waals surface area contributed by atoms with Crippen molar-refractivity contribution in [3.8, 4) is 0 Å². The van der Waals surface area contributed by atoms with Crippen molar-refractivity contribution < 1.29 is 13.2 Å². The maximum atomic E-state index is 12.4. The second-order valence-electron chi connectivity index (χ2n) is 7.15. The summed E-state index contributed by atoms with van der Waals surface area (Å²) < 4.78 is 37.1. The predicted molar refractivity (Wildman–Crippen MR) is 76.9 cm³/mol. The second kappa shape index (κ2) is 5.92. The molecule has 0 spiro atoms. The van der Waals surface area contributed by atoms with Crippen molar-refractivity contribution in [2.45, 2.75) is 38.4 Å². The minimum absolute atomic E-state index is 0.365. The number of likely N-dealkylation sites (tertiary alicyclic amines) is 1. The Kier molecular flexibility index (Phi) is 4.33. The fraction of sp³-hybridized carbons (Fsp3) is 0.875. The minimum Gasteiger partial charge on any atom is -0.314 e. The summed E-state index contributed by atoms with van der Waals surface area (Å²) in [5.41, 5.74) is 0. The monoisotopic (exact) mass is 302 g/mol. The Bertz CT molecular complexity index is 393. The number of allylic oxidation sites excluding steroid dienone is 2. The van der Waals surface area contributed by atoms with Gasteiger partial charge in [-0.2, -0.15) is 13.2 Å². The van der Waals surface area contributed by atoms with Crippen LogP contribution in [0.4, 0.5) is 13.2 Å². The van der Waals surface area contributed by atoms with Crippen LogP contribution in [0.25, 0.3) is 0 Å². The van der Waals surface area contributed by atoms with Gasteiger partial charge in [0.15, 0.2) is 0 Å². The van der Waals surface area contributed by atoms with E-state index in [9.17, 15) is 13.2 Å². The minimum atomic E-state index is -4.06. The zero-order chi connectivity index (χ0) is 15.0. The van der Waals surface area contributed by atoms with Gasteiger partial charge in [0.25, 0.3) is 0 Å². The first kappa shape index (κ1) is 15.3. The molecule has 5 unspecified atom stereocenters. The quantitative estimate of drug-likeness (QED) is 0.785. The van der Waals surface area contributed by atoms with Crippen LogP contribution in [-0.4, -0.2) is 43.3 Å². The van der Waals surface area contributed by atoms with Crippen molar-refractivity contribution in [2.24, 2.45) is 23.7 Å². The van der Waals surface area contributed by atoms with Crippen molar-refractivity contribution in [2.75, 3.05) is 26.2 Å². The third-order valence-electron chi connectivity index (χ3n) is 5.47. The summed E-state index contributed by atoms with van der Waals surface area (Å²) in [4.78, 5) is 1.54. The van der Waals surface area contributed by atoms with Gasteiger partial charge in [0.2, 0.25) is 0 Å². The Hall–Kier alpha value is -0.550. The maximum Gasteiger partial charge on any atom is 0.401 e. The van der Waals surface area contributed by atoms with E-state index in [-0.39, 0.29) is 0 Å². The fourth-order valence-electron chi connectivity index (χ4n) is 4.38. The van der Waals surface area contributed by atoms with E-state index in [0.29, 0.717) is 31.0 Å². The van der Waals surface area contributed by atoms with Gasteiger partial charge in [0, 0.05) is 12.6 Å². The summed E-state index contributed by atoms with van der Waals surface area (Å²) >= 11 is 0. The molecule has 5 heteroatoms. The Morgan fingerprint density at radius 2 is 2.10 bits per heavy atom. The van der Waals surface area contributed by atoms with Gasteiger partial charge in [-0.3, -0.25) is 4.90 Å². The van der Waals surface area contributed by atoms with Gasteiger partial charge < -0.3 is 5.32 Å². The molecule has 120 valence electrons. The highest BCUT2D eigenvalue weighted by Gasteiger charge is 2.39. The van der Waals surface area contributed by atoms with E-state index in [1.807, 2.05) is 0 Å². The van der Waals surface area contributed by atoms with Gasteiger partial charge in [-0.25, -0.2) is 0 Å². The van der Waals surface area contributed by atoms with E-state index in [0.717, 1.165) is 24.8 Å². The lowest BCUT2D eigenvalue weighted by Gasteiger charge is -2.27. The van der Waals surface area contributed by atoms with Crippen LogP contribution in [-0.2, 0) is 0 Å². The zero-order valence-electron chi connectivity index (χ0n) is 12.6. The number of halogens is 3. The molecule has 1 aliphatic heterocycles. The van der Waals surface area contributed by atoms with Gasteiger partial charge in [0.05, 0.1) is 6.54 Å². The summed E-state index contributed by atoms with van der Waals surface area (Å²) in [6, 6.07) is 0.474. The van der Waals surface area contributed by atoms with Gasteiger partial charge in [-0.15, -0.1) is 0 Å². The second-order valence-corrected chi connectivity index (χ2v) is 7.15. The molecule has 3 aliphatic rings. The molecule has 0 aromatic rings. The van der Waals surface area contributed by atoms with Gasteiger partial charge >= 0.3 is 6.18 Å². The molecule has 2 aliphatic carbocycles. The van der Waals surface area contributed by atoms with Crippen molar-refractivity contribution in [3.63, 3.8) is 0 Å². The molecule has 2 bridgehead atoms. The highest BCUT2D eigenvalue weighted by Crippen LogP contribution is 2.44. The molecule has 0 amide bonds. The first-order valence-electron chi connectivity index (χ1n) is 8.11. The Labute approximate surface area is 124 Å². The summed E-state index contributed by atoms with van der Waals surface area (Å²) in [5, 5.41) is 3.59. The highest BCUT2D eigenvalue weighted by atomic mass is 19.4. The molecule has 0 aromatic heterocycles. The number of fused-ring (bicyclic) bond motifs is 2. The highest BCUT2D eigenvalue weighted by molar-refractivity contribution is 5.11. The summed E-state index contributed by atoms with van der Waals surface area (Å²) in [5.74, 6) is 2.58. The SMILES string of the molecule is CC(NCC1CCN(CC(F)(F)F)C1)C1CC2C=CC1C2. The maximum absolute atomic E-state index is 12.4. The van der Waals surface area contributed by atoms with Crippen molar-refractivity contribution in [1.82, 2.24) is 10.2 Å². The lowest BCUT2D eigenvalue weighted by atomic mass is 9.87. The average Bonchev–Trinajstić information content (AvgIpc) is 3.09. The summed E-state index contributed by atoms with van der Waals surface area (Å²) in [6.07, 6.45) is 4.11. The van der Waals surface area contributed by atoms with Gasteiger partial charge in [0.1, 0.15) is 0 Å². The summed E-state index contributed by atoms with van der Waals surface area (Å²) in [7, 11) is 0. The molecular formula is C16H25F3N2. The van der Waals surface area contributed by atoms with Crippen LogP contribution < -0.4 is 5.32 Å². The number of nitrogens with zero attached hydrogens (tertiary/aromatic N) is 1. The number of nitrogens with one attached hydrogen (secondary N) is 1. The van der Waals surface area contributed by atoms with Crippen molar-refractivity contribution >= 4 is 0 Å². The molecule has 1 N–H and O–H groups in total. The van der Waals surface area contributed by atoms with Crippen molar-refractivity contribution in [1.29, 1.82) is 0 Å². The van der Waals surface area contributed by atoms with Crippen LogP contribution in [0.1, 0.15) is 26.2 Å². The standard InChI is InChI=1S/C16H25F3N2/c1-11(15-7-12-2-3-14(15)6-12)20-8-13-4-5-21(9-13)10-16(17,18)19/h2-3,11-15,20H,4-10H2,1H3. The lowest BCUT2D eigenvalue weighted by Crippen LogP contribution is -2.39. The van der Waals surface area contributed by atoms with Crippen molar-refractivity contribution in [3.05, 3.63) is 12.2 Å². The molecule has 0 aromatic carbocycles. The Balaban J connectivity index is 1.39. The first-order chi connectivity index (χ1) is 9.90. The third kappa shape index (κ3) is 3.81. The number of hydrogen-bond donors (Lipinski definition) is 1. The van der Waals surface area contributed by atoms with Crippen LogP contribution >= 0.6 is 0 Å². The molecule has 1 heterocycles. The van der Waals surface area contributed by atoms with E-state index in [2.05, 4.69) is 24.4 Å². The number of hydrogen-bond acceptors (Lipinski definition) is 2. The molecule has 1 saturated carbocycles. The van der Waals surface area contributed by atoms with Gasteiger partial charge in [-0.05, 0) is 62.9 Å². The van der Waals surface area contributed by atoms with Crippen LogP contribution in [0.3, 0.4) is 0 Å². The summed E-state index contributed by atoms with van der Waals surface area (Å²) in [6.45, 7) is 3.50. The molecule has 5 atom stereocenters. The lowest BCUT2D eigenvalue weighted by molar-refractivity contribution is -0.143. The molecule has 3 rings (SSSR count). The number of rotatable bonds is 5. The van der Waals surface area contributed by atoms with E-state index in [1.54, 1.807) is 0 Å². The predicted octanol–water partition coefficient (Wildman–Crippen LogP) is 3.06. The molecular weight excluding hydrogens is 277 g/mol. The van der Waals surface area contributed by atoms with Crippen LogP contribution in [0, 0.1) is 23.7 Å². The Morgan fingerprint density at radius 1 is 1.29 bits per heavy atom. The normalized spacial score (nSPS) is 37.5. The topological polar surface area (TPSA) is 15.3 Å². The van der Waals surface area contributed by atoms with Gasteiger partial charge in [-0.1, -0.05) is 12.2 Å². The van der Waals surface area contributed by atoms with E-state index < -0.39 is 12.7 Å². The van der Waals surface area contributed by atoms with E-state index in [1.165, 1.54) is 17.7 Å². The molecule has 2 fully saturated rings. The van der Waals surface area contributed by atoms with E-state index >= 15 is 0 Å². The molecule has 2 nitrogen and oxygen atoms in total. The fourth-order valence-corrected chi connectivity index (χ4v) is 4.38. The molecule has 0 radical (unpaired) electrons. The largest absolute Gasteiger partial charge is 0.401 e. The van der Waals surface area contributed by atoms with E-state index in [4.69, 9.17) is 0 Å². The molecule has 21 heavy (non-hydrogen) atoms. The average molecular weight is 302 g/mol. The smallest absolute Gasteiger partial charge is 0.314 e. The number of alkyl halides is 3. The third-order valence-corrected chi connectivity index (χ3v) is 5.47. The van der Waals surface area contributed by atoms with Crippen LogP contribution in [0.5, 0.6) is 0 Å². The zero-order valence-corrected chi connectivity index (χ0v) is 12.6.